The van der Waals surface area contributed by atoms with E-state index >= 15 is 0 Å². The van der Waals surface area contributed by atoms with Crippen LogP contribution in [0.4, 0.5) is 13.2 Å². The number of hydrogen-bond donors (Lipinski definition) is 1. The van der Waals surface area contributed by atoms with Gasteiger partial charge in [-0.05, 0) is 12.1 Å². The molecule has 7 heteroatoms. The Balaban J connectivity index is 2.69. The van der Waals surface area contributed by atoms with Crippen molar-refractivity contribution in [3.63, 3.8) is 0 Å². The Morgan fingerprint density at radius 3 is 2.53 bits per heavy atom. The largest absolute Gasteiger partial charge is 0.481 e. The minimum absolute atomic E-state index is 0.224. The highest BCUT2D eigenvalue weighted by molar-refractivity contribution is 7.99. The van der Waals surface area contributed by atoms with Gasteiger partial charge in [0.2, 0.25) is 0 Å². The Hall–Kier alpha value is -1.24. The molecule has 0 spiro atoms. The summed E-state index contributed by atoms with van der Waals surface area (Å²) >= 11 is 0.870. The smallest absolute Gasteiger partial charge is 0.417 e. The second-order valence-corrected chi connectivity index (χ2v) is 3.56. The molecule has 0 saturated heterocycles. The lowest BCUT2D eigenvalue weighted by molar-refractivity contribution is -0.138. The molecule has 0 aromatic carbocycles. The van der Waals surface area contributed by atoms with Gasteiger partial charge in [-0.2, -0.15) is 13.2 Å². The summed E-state index contributed by atoms with van der Waals surface area (Å²) in [6.45, 7) is 0. The number of aliphatic carboxylic acids is 1. The van der Waals surface area contributed by atoms with Crippen LogP contribution in [-0.4, -0.2) is 21.8 Å². The van der Waals surface area contributed by atoms with Crippen molar-refractivity contribution in [2.24, 2.45) is 0 Å². The minimum Gasteiger partial charge on any atom is -0.481 e. The second kappa shape index (κ2) is 4.52. The molecule has 3 nitrogen and oxygen atoms in total. The Bertz CT molecular complexity index is 350. The number of carboxylic acids is 1. The van der Waals surface area contributed by atoms with Gasteiger partial charge in [-0.15, -0.1) is 0 Å². The van der Waals surface area contributed by atoms with E-state index < -0.39 is 17.7 Å². The zero-order valence-electron chi connectivity index (χ0n) is 7.28. The van der Waals surface area contributed by atoms with E-state index in [1.54, 1.807) is 0 Å². The summed E-state index contributed by atoms with van der Waals surface area (Å²) in [6.07, 6.45) is -3.73. The van der Waals surface area contributed by atoms with Crippen LogP contribution in [-0.2, 0) is 11.0 Å². The van der Waals surface area contributed by atoms with E-state index in [2.05, 4.69) is 4.98 Å². The zero-order valence-corrected chi connectivity index (χ0v) is 8.10. The Morgan fingerprint density at radius 1 is 1.47 bits per heavy atom. The summed E-state index contributed by atoms with van der Waals surface area (Å²) in [5.74, 6) is -1.26. The number of halogens is 3. The maximum absolute atomic E-state index is 12.1. The van der Waals surface area contributed by atoms with Crippen LogP contribution in [0.25, 0.3) is 0 Å². The van der Waals surface area contributed by atoms with Crippen molar-refractivity contribution in [3.8, 4) is 0 Å². The number of thioether (sulfide) groups is 1. The van der Waals surface area contributed by atoms with Crippen molar-refractivity contribution in [1.82, 2.24) is 4.98 Å². The van der Waals surface area contributed by atoms with E-state index in [1.807, 2.05) is 0 Å². The van der Waals surface area contributed by atoms with E-state index in [0.29, 0.717) is 6.20 Å². The number of rotatable bonds is 3. The number of carboxylic acid groups (broad SMARTS) is 1. The third-order valence-corrected chi connectivity index (χ3v) is 2.34. The second-order valence-electron chi connectivity index (χ2n) is 2.57. The predicted octanol–water partition coefficient (Wildman–Crippen LogP) is 2.28. The van der Waals surface area contributed by atoms with Crippen LogP contribution in [0, 0.1) is 0 Å². The molecule has 1 heterocycles. The minimum atomic E-state index is -4.41. The van der Waals surface area contributed by atoms with E-state index in [9.17, 15) is 18.0 Å². The molecule has 0 aliphatic heterocycles. The summed E-state index contributed by atoms with van der Waals surface area (Å²) in [4.78, 5) is 13.7. The SMILES string of the molecule is O=C(O)CSc1ccc(C(F)(F)F)cn1. The quantitative estimate of drug-likeness (QED) is 0.819. The topological polar surface area (TPSA) is 50.2 Å². The van der Waals surface area contributed by atoms with Gasteiger partial charge in [-0.1, -0.05) is 11.8 Å². The molecule has 0 aliphatic carbocycles. The molecule has 1 N–H and O–H groups in total. The lowest BCUT2D eigenvalue weighted by atomic mass is 10.3. The first-order valence-corrected chi connectivity index (χ1v) is 4.76. The van der Waals surface area contributed by atoms with E-state index in [-0.39, 0.29) is 10.8 Å². The molecule has 1 rings (SSSR count). The molecular weight excluding hydrogens is 231 g/mol. The number of hydrogen-bond acceptors (Lipinski definition) is 3. The molecule has 0 saturated carbocycles. The van der Waals surface area contributed by atoms with E-state index in [0.717, 1.165) is 23.9 Å². The van der Waals surface area contributed by atoms with Crippen LogP contribution >= 0.6 is 11.8 Å². The third kappa shape index (κ3) is 3.78. The fraction of sp³-hybridized carbons (Fsp3) is 0.250. The molecule has 0 fully saturated rings. The Morgan fingerprint density at radius 2 is 2.13 bits per heavy atom. The first kappa shape index (κ1) is 11.8. The molecule has 0 aliphatic rings. The predicted molar refractivity (Wildman–Crippen MR) is 47.6 cm³/mol. The first-order valence-electron chi connectivity index (χ1n) is 3.77. The molecule has 0 amide bonds. The van der Waals surface area contributed by atoms with E-state index in [1.165, 1.54) is 0 Å². The van der Waals surface area contributed by atoms with Crippen molar-refractivity contribution >= 4 is 17.7 Å². The Labute approximate surface area is 87.3 Å². The monoisotopic (exact) mass is 237 g/mol. The maximum atomic E-state index is 12.1. The van der Waals surface area contributed by atoms with Gasteiger partial charge in [-0.3, -0.25) is 4.79 Å². The zero-order chi connectivity index (χ0) is 11.5. The normalized spacial score (nSPS) is 11.4. The highest BCUT2D eigenvalue weighted by Crippen LogP contribution is 2.29. The number of aromatic nitrogens is 1. The number of pyridine rings is 1. The molecule has 15 heavy (non-hydrogen) atoms. The lowest BCUT2D eigenvalue weighted by Gasteiger charge is -2.05. The van der Waals surface area contributed by atoms with Crippen LogP contribution in [0.2, 0.25) is 0 Å². The molecule has 1 aromatic rings. The average Bonchev–Trinajstić information content (AvgIpc) is 2.14. The summed E-state index contributed by atoms with van der Waals surface area (Å²) in [5.41, 5.74) is -0.845. The van der Waals surface area contributed by atoms with Gasteiger partial charge in [-0.25, -0.2) is 4.98 Å². The van der Waals surface area contributed by atoms with Crippen molar-refractivity contribution in [2.45, 2.75) is 11.2 Å². The van der Waals surface area contributed by atoms with Crippen LogP contribution in [0.1, 0.15) is 5.56 Å². The van der Waals surface area contributed by atoms with Crippen LogP contribution in [0.15, 0.2) is 23.4 Å². The summed E-state index contributed by atoms with van der Waals surface area (Å²) in [7, 11) is 0. The molecule has 0 unspecified atom stereocenters. The van der Waals surface area contributed by atoms with Gasteiger partial charge in [0.05, 0.1) is 16.3 Å². The average molecular weight is 237 g/mol. The van der Waals surface area contributed by atoms with Gasteiger partial charge in [0.25, 0.3) is 0 Å². The fourth-order valence-electron chi connectivity index (χ4n) is 0.769. The number of alkyl halides is 3. The van der Waals surface area contributed by atoms with Gasteiger partial charge in [0.1, 0.15) is 0 Å². The van der Waals surface area contributed by atoms with E-state index in [4.69, 9.17) is 5.11 Å². The molecule has 1 aromatic heterocycles. The highest BCUT2D eigenvalue weighted by Gasteiger charge is 2.30. The van der Waals surface area contributed by atoms with Crippen molar-refractivity contribution in [2.75, 3.05) is 5.75 Å². The third-order valence-electron chi connectivity index (χ3n) is 1.41. The lowest BCUT2D eigenvalue weighted by Crippen LogP contribution is -2.05. The van der Waals surface area contributed by atoms with Crippen molar-refractivity contribution < 1.29 is 23.1 Å². The van der Waals surface area contributed by atoms with Crippen LogP contribution < -0.4 is 0 Å². The van der Waals surface area contributed by atoms with Gasteiger partial charge in [0.15, 0.2) is 0 Å². The van der Waals surface area contributed by atoms with Crippen molar-refractivity contribution in [3.05, 3.63) is 23.9 Å². The van der Waals surface area contributed by atoms with Gasteiger partial charge in [0, 0.05) is 6.20 Å². The van der Waals surface area contributed by atoms with Crippen LogP contribution in [0.5, 0.6) is 0 Å². The van der Waals surface area contributed by atoms with Gasteiger partial charge >= 0.3 is 12.1 Å². The highest BCUT2D eigenvalue weighted by atomic mass is 32.2. The van der Waals surface area contributed by atoms with Gasteiger partial charge < -0.3 is 5.11 Å². The molecule has 0 bridgehead atoms. The molecule has 82 valence electrons. The number of nitrogens with zero attached hydrogens (tertiary/aromatic N) is 1. The fourth-order valence-corrected chi connectivity index (χ4v) is 1.33. The maximum Gasteiger partial charge on any atom is 0.417 e. The molecule has 0 radical (unpaired) electrons. The first-order chi connectivity index (χ1) is 6.89. The summed E-state index contributed by atoms with van der Waals surface area (Å²) in [5, 5.41) is 8.59. The summed E-state index contributed by atoms with van der Waals surface area (Å²) in [6, 6.07) is 2.02. The molecule has 0 atom stereocenters. The standard InChI is InChI=1S/C8H6F3NO2S/c9-8(10,11)5-1-2-6(12-3-5)15-4-7(13)14/h1-3H,4H2,(H,13,14). The number of carbonyl (C=O) groups is 1. The Kier molecular flexibility index (Phi) is 3.57. The summed E-state index contributed by atoms with van der Waals surface area (Å²) < 4.78 is 36.3. The van der Waals surface area contributed by atoms with Crippen molar-refractivity contribution in [1.29, 1.82) is 0 Å². The molecular formula is C8H6F3NO2S. The van der Waals surface area contributed by atoms with Crippen LogP contribution in [0.3, 0.4) is 0 Å².